The zero-order chi connectivity index (χ0) is 13.5. The maximum atomic E-state index is 11.6. The molecule has 1 rings (SSSR count). The Morgan fingerprint density at radius 3 is 2.11 bits per heavy atom. The van der Waals surface area contributed by atoms with Crippen LogP contribution in [0.2, 0.25) is 0 Å². The van der Waals surface area contributed by atoms with E-state index in [0.29, 0.717) is 32.8 Å². The molecule has 18 heavy (non-hydrogen) atoms. The Labute approximate surface area is 105 Å². The molecule has 0 bridgehead atoms. The molecule has 1 aliphatic rings. The van der Waals surface area contributed by atoms with Gasteiger partial charge >= 0.3 is 6.09 Å². The molecule has 0 radical (unpaired) electrons. The van der Waals surface area contributed by atoms with Crippen molar-refractivity contribution in [2.45, 2.75) is 19.8 Å². The van der Waals surface area contributed by atoms with Crippen molar-refractivity contribution in [2.24, 2.45) is 0 Å². The predicted molar refractivity (Wildman–Crippen MR) is 59.4 cm³/mol. The summed E-state index contributed by atoms with van der Waals surface area (Å²) in [5.74, 6) is -1.45. The maximum absolute atomic E-state index is 11.6. The Balaban J connectivity index is 2.32. The number of carbonyl (C=O) groups excluding carboxylic acids is 3. The van der Waals surface area contributed by atoms with Crippen LogP contribution >= 0.6 is 0 Å². The smallest absolute Gasteiger partial charge is 0.409 e. The summed E-state index contributed by atoms with van der Waals surface area (Å²) in [6, 6.07) is 0. The van der Waals surface area contributed by atoms with Gasteiger partial charge in [-0.05, 0) is 13.3 Å². The van der Waals surface area contributed by atoms with Gasteiger partial charge in [0, 0.05) is 38.6 Å². The first kappa shape index (κ1) is 14.3. The van der Waals surface area contributed by atoms with Crippen molar-refractivity contribution >= 4 is 18.0 Å². The molecule has 1 heterocycles. The lowest BCUT2D eigenvalue weighted by Crippen LogP contribution is -2.50. The number of hydrogen-bond acceptors (Lipinski definition) is 5. The second kappa shape index (κ2) is 6.83. The minimum absolute atomic E-state index is 0.0538. The first-order valence-corrected chi connectivity index (χ1v) is 5.94. The highest BCUT2D eigenvalue weighted by Gasteiger charge is 2.24. The second-order valence-corrected chi connectivity index (χ2v) is 3.94. The molecule has 1 saturated heterocycles. The average molecular weight is 257 g/mol. The number of piperazine rings is 1. The molecule has 0 aromatic carbocycles. The summed E-state index contributed by atoms with van der Waals surface area (Å²) in [7, 11) is 0. The van der Waals surface area contributed by atoms with E-state index in [-0.39, 0.29) is 24.8 Å². The highest BCUT2D eigenvalue weighted by Crippen LogP contribution is 2.06. The van der Waals surface area contributed by atoms with Crippen LogP contribution in [0.3, 0.4) is 0 Å². The number of nitrogens with zero attached hydrogens (tertiary/aromatic N) is 2. The van der Waals surface area contributed by atoms with Crippen LogP contribution in [0.1, 0.15) is 19.8 Å². The summed E-state index contributed by atoms with van der Waals surface area (Å²) in [5.41, 5.74) is 0. The van der Waals surface area contributed by atoms with E-state index in [0.717, 1.165) is 0 Å². The molecule has 0 aliphatic carbocycles. The molecule has 1 aliphatic heterocycles. The van der Waals surface area contributed by atoms with E-state index in [1.165, 1.54) is 4.90 Å². The van der Waals surface area contributed by atoms with Gasteiger partial charge in [-0.1, -0.05) is 0 Å². The summed E-state index contributed by atoms with van der Waals surface area (Å²) < 4.78 is 4.85. The van der Waals surface area contributed by atoms with Gasteiger partial charge in [-0.25, -0.2) is 4.79 Å². The molecule has 102 valence electrons. The van der Waals surface area contributed by atoms with E-state index >= 15 is 0 Å². The second-order valence-electron chi connectivity index (χ2n) is 3.94. The minimum Gasteiger partial charge on any atom is -0.550 e. The van der Waals surface area contributed by atoms with Gasteiger partial charge in [0.15, 0.2) is 0 Å². The van der Waals surface area contributed by atoms with Crippen LogP contribution in [0, 0.1) is 0 Å². The molecule has 0 spiro atoms. The average Bonchev–Trinajstić information content (AvgIpc) is 2.36. The van der Waals surface area contributed by atoms with E-state index in [9.17, 15) is 19.5 Å². The van der Waals surface area contributed by atoms with E-state index in [1.54, 1.807) is 11.8 Å². The van der Waals surface area contributed by atoms with Crippen molar-refractivity contribution in [3.05, 3.63) is 0 Å². The topological polar surface area (TPSA) is 90.0 Å². The number of carboxylic acids is 1. The number of amides is 2. The first-order chi connectivity index (χ1) is 8.54. The van der Waals surface area contributed by atoms with Crippen LogP contribution < -0.4 is 5.11 Å². The van der Waals surface area contributed by atoms with Crippen molar-refractivity contribution in [3.63, 3.8) is 0 Å². The molecule has 0 N–H and O–H groups in total. The van der Waals surface area contributed by atoms with Gasteiger partial charge in [0.2, 0.25) is 5.91 Å². The Morgan fingerprint density at radius 2 is 1.61 bits per heavy atom. The lowest BCUT2D eigenvalue weighted by atomic mass is 10.2. The van der Waals surface area contributed by atoms with Crippen LogP contribution in [0.4, 0.5) is 4.79 Å². The Morgan fingerprint density at radius 1 is 1.06 bits per heavy atom. The SMILES string of the molecule is CCOC(=O)N1CCN(C(=O)CCC(=O)[O-])CC1. The van der Waals surface area contributed by atoms with Crippen molar-refractivity contribution < 1.29 is 24.2 Å². The standard InChI is InChI=1S/C11H18N2O5/c1-2-18-11(17)13-7-5-12(6-8-13)9(14)3-4-10(15)16/h2-8H2,1H3,(H,15,16)/p-1. The van der Waals surface area contributed by atoms with Crippen LogP contribution in [0.15, 0.2) is 0 Å². The Hall–Kier alpha value is -1.79. The van der Waals surface area contributed by atoms with Crippen LogP contribution in [0.5, 0.6) is 0 Å². The molecule has 0 saturated carbocycles. The zero-order valence-corrected chi connectivity index (χ0v) is 10.4. The van der Waals surface area contributed by atoms with Crippen LogP contribution in [-0.2, 0) is 14.3 Å². The highest BCUT2D eigenvalue weighted by molar-refractivity contribution is 5.80. The molecule has 1 fully saturated rings. The molecule has 0 aromatic heterocycles. The number of carbonyl (C=O) groups is 3. The van der Waals surface area contributed by atoms with Crippen molar-refractivity contribution in [1.82, 2.24) is 9.80 Å². The molecular formula is C11H17N2O5-. The van der Waals surface area contributed by atoms with Crippen molar-refractivity contribution in [1.29, 1.82) is 0 Å². The number of carboxylic acid groups (broad SMARTS) is 1. The number of ether oxygens (including phenoxy) is 1. The fourth-order valence-corrected chi connectivity index (χ4v) is 1.72. The van der Waals surface area contributed by atoms with Crippen LogP contribution in [-0.4, -0.2) is 60.6 Å². The Kier molecular flexibility index (Phi) is 5.41. The van der Waals surface area contributed by atoms with Gasteiger partial charge in [-0.2, -0.15) is 0 Å². The molecule has 0 atom stereocenters. The van der Waals surface area contributed by atoms with E-state index in [4.69, 9.17) is 4.74 Å². The molecule has 7 nitrogen and oxygen atoms in total. The third kappa shape index (κ3) is 4.23. The molecule has 0 aromatic rings. The van der Waals surface area contributed by atoms with Crippen molar-refractivity contribution in [2.75, 3.05) is 32.8 Å². The lowest BCUT2D eigenvalue weighted by Gasteiger charge is -2.34. The third-order valence-corrected chi connectivity index (χ3v) is 2.70. The molecule has 7 heteroatoms. The number of rotatable bonds is 4. The zero-order valence-electron chi connectivity index (χ0n) is 10.4. The van der Waals surface area contributed by atoms with Gasteiger partial charge in [-0.3, -0.25) is 4.79 Å². The summed E-state index contributed by atoms with van der Waals surface area (Å²) in [5, 5.41) is 10.2. The van der Waals surface area contributed by atoms with Crippen LogP contribution in [0.25, 0.3) is 0 Å². The summed E-state index contributed by atoms with van der Waals surface area (Å²) in [4.78, 5) is 36.3. The minimum atomic E-state index is -1.23. The normalized spacial score (nSPS) is 15.4. The largest absolute Gasteiger partial charge is 0.550 e. The van der Waals surface area contributed by atoms with Gasteiger partial charge in [0.25, 0.3) is 0 Å². The highest BCUT2D eigenvalue weighted by atomic mass is 16.6. The van der Waals surface area contributed by atoms with Gasteiger partial charge < -0.3 is 24.4 Å². The molecule has 0 unspecified atom stereocenters. The number of hydrogen-bond donors (Lipinski definition) is 0. The quantitative estimate of drug-likeness (QED) is 0.632. The van der Waals surface area contributed by atoms with E-state index in [1.807, 2.05) is 0 Å². The van der Waals surface area contributed by atoms with Gasteiger partial charge in [-0.15, -0.1) is 0 Å². The fraction of sp³-hybridized carbons (Fsp3) is 0.727. The van der Waals surface area contributed by atoms with Gasteiger partial charge in [0.05, 0.1) is 6.61 Å². The predicted octanol–water partition coefficient (Wildman–Crippen LogP) is -1.18. The summed E-state index contributed by atoms with van der Waals surface area (Å²) in [6.45, 7) is 3.70. The fourth-order valence-electron chi connectivity index (χ4n) is 1.72. The molecular weight excluding hydrogens is 240 g/mol. The third-order valence-electron chi connectivity index (χ3n) is 2.70. The number of aliphatic carboxylic acids is 1. The Bertz CT molecular complexity index is 323. The summed E-state index contributed by atoms with van der Waals surface area (Å²) >= 11 is 0. The maximum Gasteiger partial charge on any atom is 0.409 e. The molecule has 2 amide bonds. The lowest BCUT2D eigenvalue weighted by molar-refractivity contribution is -0.305. The summed E-state index contributed by atoms with van der Waals surface area (Å²) in [6.07, 6.45) is -0.696. The van der Waals surface area contributed by atoms with E-state index < -0.39 is 5.97 Å². The monoisotopic (exact) mass is 257 g/mol. The first-order valence-electron chi connectivity index (χ1n) is 5.94. The van der Waals surface area contributed by atoms with Crippen molar-refractivity contribution in [3.8, 4) is 0 Å². The van der Waals surface area contributed by atoms with Gasteiger partial charge in [0.1, 0.15) is 0 Å². The van der Waals surface area contributed by atoms with E-state index in [2.05, 4.69) is 0 Å².